The van der Waals surface area contributed by atoms with Gasteiger partial charge in [-0.15, -0.1) is 0 Å². The highest BCUT2D eigenvalue weighted by Gasteiger charge is 2.38. The van der Waals surface area contributed by atoms with Gasteiger partial charge in [0, 0.05) is 23.8 Å². The largest absolute Gasteiger partial charge is 0.360 e. The molecular formula is C61H48N8Si. The number of benzene rings is 6. The molecule has 9 aromatic rings. The number of nitrogens with one attached hydrogen (secondary N) is 3. The smallest absolute Gasteiger partial charge is 0.130 e. The summed E-state index contributed by atoms with van der Waals surface area (Å²) in [6.45, 7) is 2.46. The molecule has 0 aliphatic carbocycles. The van der Waals surface area contributed by atoms with Gasteiger partial charge in [-0.3, -0.25) is 9.98 Å². The van der Waals surface area contributed by atoms with Crippen LogP contribution in [0.5, 0.6) is 0 Å². The van der Waals surface area contributed by atoms with Crippen molar-refractivity contribution in [1.82, 2.24) is 15.0 Å². The van der Waals surface area contributed by atoms with E-state index < -0.39 is 8.80 Å². The van der Waals surface area contributed by atoms with Crippen LogP contribution in [0.4, 0.5) is 34.1 Å². The Balaban J connectivity index is 0.999. The highest BCUT2D eigenvalue weighted by molar-refractivity contribution is 6.99. The maximum atomic E-state index is 5.48. The third kappa shape index (κ3) is 7.17. The molecule has 0 saturated carbocycles. The number of nitrogens with zero attached hydrogens (tertiary/aromatic N) is 5. The number of pyridine rings is 2. The minimum atomic E-state index is -2.07. The van der Waals surface area contributed by atoms with E-state index in [0.717, 1.165) is 73.7 Å². The lowest BCUT2D eigenvalue weighted by atomic mass is 9.90. The van der Waals surface area contributed by atoms with Crippen molar-refractivity contribution in [3.05, 3.63) is 264 Å². The average molecular weight is 921 g/mol. The number of allylic oxidation sites excluding steroid dienone is 3. The van der Waals surface area contributed by atoms with Crippen molar-refractivity contribution in [3.63, 3.8) is 0 Å². The van der Waals surface area contributed by atoms with Gasteiger partial charge in [0.15, 0.2) is 0 Å². The zero-order valence-corrected chi connectivity index (χ0v) is 39.6. The van der Waals surface area contributed by atoms with E-state index in [4.69, 9.17) is 15.0 Å². The SMILES string of the molecule is C[SiH]1C(c2cccc(-c3ccc[nH]3)n2)=C(c2ccc(N3c4ccccc4NC3c3ccccc3)cc2)C(c2ccc(N3c4ccccc4NC3c3ccccc3)cc2)=C1c1cccc(C2C=CC=N2)n1. The summed E-state index contributed by atoms with van der Waals surface area (Å²) in [7, 11) is -2.07. The summed E-state index contributed by atoms with van der Waals surface area (Å²) in [5.41, 5.74) is 18.6. The zero-order chi connectivity index (χ0) is 46.5. The fourth-order valence-corrected chi connectivity index (χ4v) is 13.8. The molecule has 13 rings (SSSR count). The first-order chi connectivity index (χ1) is 34.6. The van der Waals surface area contributed by atoms with Gasteiger partial charge in [-0.05, 0) is 135 Å². The van der Waals surface area contributed by atoms with E-state index in [1.54, 1.807) is 0 Å². The van der Waals surface area contributed by atoms with Crippen LogP contribution < -0.4 is 20.4 Å². The topological polar surface area (TPSA) is 84.5 Å². The Hall–Kier alpha value is -8.79. The van der Waals surface area contributed by atoms with Gasteiger partial charge in [-0.25, -0.2) is 4.98 Å². The van der Waals surface area contributed by atoms with Crippen molar-refractivity contribution in [1.29, 1.82) is 0 Å². The van der Waals surface area contributed by atoms with Gasteiger partial charge in [0.2, 0.25) is 0 Å². The van der Waals surface area contributed by atoms with Crippen molar-refractivity contribution < 1.29 is 0 Å². The normalized spacial score (nSPS) is 18.9. The molecule has 0 spiro atoms. The molecule has 336 valence electrons. The van der Waals surface area contributed by atoms with Gasteiger partial charge >= 0.3 is 0 Å². The number of H-pyrrole nitrogens is 1. The second-order valence-electron chi connectivity index (χ2n) is 18.1. The third-order valence-electron chi connectivity index (χ3n) is 14.1. The van der Waals surface area contributed by atoms with Crippen LogP contribution in [0.15, 0.2) is 230 Å². The molecule has 4 unspecified atom stereocenters. The second kappa shape index (κ2) is 17.4. The molecule has 4 aliphatic heterocycles. The monoisotopic (exact) mass is 920 g/mol. The summed E-state index contributed by atoms with van der Waals surface area (Å²) < 4.78 is 0. The number of anilines is 6. The Kier molecular flexibility index (Phi) is 10.3. The van der Waals surface area contributed by atoms with Gasteiger partial charge < -0.3 is 25.4 Å². The van der Waals surface area contributed by atoms with Gasteiger partial charge in [0.05, 0.1) is 51.2 Å². The van der Waals surface area contributed by atoms with E-state index in [1.807, 2.05) is 24.6 Å². The van der Waals surface area contributed by atoms with Crippen LogP contribution in [0.25, 0.3) is 32.9 Å². The maximum absolute atomic E-state index is 5.48. The predicted molar refractivity (Wildman–Crippen MR) is 291 cm³/mol. The number of rotatable bonds is 10. The van der Waals surface area contributed by atoms with E-state index in [9.17, 15) is 0 Å². The van der Waals surface area contributed by atoms with Gasteiger partial charge in [-0.1, -0.05) is 134 Å². The fourth-order valence-electron chi connectivity index (χ4n) is 10.9. The summed E-state index contributed by atoms with van der Waals surface area (Å²) >= 11 is 0. The summed E-state index contributed by atoms with van der Waals surface area (Å²) in [5.74, 6) is 0. The van der Waals surface area contributed by atoms with Crippen LogP contribution in [0.1, 0.15) is 57.7 Å². The molecule has 3 N–H and O–H groups in total. The number of aromatic nitrogens is 3. The first kappa shape index (κ1) is 41.4. The number of aromatic amines is 1. The van der Waals surface area contributed by atoms with Crippen molar-refractivity contribution in [2.45, 2.75) is 24.9 Å². The van der Waals surface area contributed by atoms with Crippen LogP contribution in [0.2, 0.25) is 6.55 Å². The second-order valence-corrected chi connectivity index (χ2v) is 20.7. The highest BCUT2D eigenvalue weighted by atomic mass is 28.3. The summed E-state index contributed by atoms with van der Waals surface area (Å²) in [5, 5.41) is 10.2. The van der Waals surface area contributed by atoms with Crippen LogP contribution in [-0.4, -0.2) is 30.0 Å². The molecule has 6 aromatic carbocycles. The summed E-state index contributed by atoms with van der Waals surface area (Å²) in [6, 6.07) is 73.9. The number of hydrogen-bond acceptors (Lipinski definition) is 7. The Morgan fingerprint density at radius 3 is 1.51 bits per heavy atom. The Bertz CT molecular complexity index is 3520. The van der Waals surface area contributed by atoms with Crippen molar-refractivity contribution >= 4 is 70.7 Å². The molecule has 0 fully saturated rings. The maximum Gasteiger partial charge on any atom is 0.130 e. The lowest BCUT2D eigenvalue weighted by molar-refractivity contribution is 0.828. The lowest BCUT2D eigenvalue weighted by Gasteiger charge is -2.28. The number of para-hydroxylation sites is 4. The van der Waals surface area contributed by atoms with Crippen molar-refractivity contribution in [3.8, 4) is 11.4 Å². The average Bonchev–Trinajstić information content (AvgIpc) is 4.30. The third-order valence-corrected chi connectivity index (χ3v) is 17.0. The van der Waals surface area contributed by atoms with Crippen LogP contribution in [0, 0.1) is 0 Å². The van der Waals surface area contributed by atoms with E-state index in [0.29, 0.717) is 0 Å². The molecule has 0 bridgehead atoms. The quantitative estimate of drug-likeness (QED) is 0.119. The minimum Gasteiger partial charge on any atom is -0.360 e. The van der Waals surface area contributed by atoms with Gasteiger partial charge in [-0.2, -0.15) is 0 Å². The molecule has 3 aromatic heterocycles. The van der Waals surface area contributed by atoms with Gasteiger partial charge in [0.1, 0.15) is 27.2 Å². The molecule has 70 heavy (non-hydrogen) atoms. The highest BCUT2D eigenvalue weighted by Crippen LogP contribution is 2.53. The first-order valence-electron chi connectivity index (χ1n) is 24.0. The standard InChI is InChI=1S/C61H48N8Si/c1-70-58(52-24-12-22-48(64-52)46-26-14-38-62-46)56(40-30-34-44(35-31-40)68-54-28-10-8-20-50(54)66-60(68)42-16-4-2-5-17-42)57(59(70)53-25-13-23-49(65-53)47-27-15-39-63-47)41-32-36-45(37-33-41)69-55-29-11-9-21-51(55)67-61(69)43-18-6-3-7-19-43/h2-39,46,60-61,63,66-67,70H,1H3. The number of hydrogen-bond donors (Lipinski definition) is 3. The van der Waals surface area contributed by atoms with E-state index in [1.165, 1.54) is 32.7 Å². The van der Waals surface area contributed by atoms with Crippen LogP contribution in [-0.2, 0) is 0 Å². The Morgan fingerprint density at radius 2 is 0.986 bits per heavy atom. The predicted octanol–water partition coefficient (Wildman–Crippen LogP) is 14.1. The molecule has 7 heterocycles. The molecule has 9 heteroatoms. The molecule has 0 saturated heterocycles. The molecular weight excluding hydrogens is 873 g/mol. The van der Waals surface area contributed by atoms with Crippen molar-refractivity contribution in [2.75, 3.05) is 20.4 Å². The minimum absolute atomic E-state index is 0.0599. The molecule has 0 radical (unpaired) electrons. The summed E-state index contributed by atoms with van der Waals surface area (Å²) in [6.07, 6.45) is 7.84. The van der Waals surface area contributed by atoms with Gasteiger partial charge in [0.25, 0.3) is 0 Å². The summed E-state index contributed by atoms with van der Waals surface area (Å²) in [4.78, 5) is 24.0. The van der Waals surface area contributed by atoms with Crippen molar-refractivity contribution in [2.24, 2.45) is 4.99 Å². The fraction of sp³-hybridized carbons (Fsp3) is 0.0656. The Morgan fingerprint density at radius 1 is 0.471 bits per heavy atom. The molecule has 8 nitrogen and oxygen atoms in total. The van der Waals surface area contributed by atoms with Crippen LogP contribution in [0.3, 0.4) is 0 Å². The van der Waals surface area contributed by atoms with E-state index >= 15 is 0 Å². The van der Waals surface area contributed by atoms with Crippen LogP contribution >= 0.6 is 0 Å². The van der Waals surface area contributed by atoms with E-state index in [-0.39, 0.29) is 18.4 Å². The number of fused-ring (bicyclic) bond motifs is 2. The number of aliphatic imine (C=N–C) groups is 1. The zero-order valence-electron chi connectivity index (χ0n) is 38.5. The molecule has 0 amide bonds. The first-order valence-corrected chi connectivity index (χ1v) is 26.3. The molecule has 4 aliphatic rings. The molecule has 4 atom stereocenters. The van der Waals surface area contributed by atoms with E-state index in [2.05, 4.69) is 238 Å². The lowest BCUT2D eigenvalue weighted by Crippen LogP contribution is -2.23. The Labute approximate surface area is 409 Å².